The van der Waals surface area contributed by atoms with E-state index in [-0.39, 0.29) is 11.6 Å². The third-order valence-corrected chi connectivity index (χ3v) is 2.55. The van der Waals surface area contributed by atoms with Crippen LogP contribution in [-0.2, 0) is 0 Å². The van der Waals surface area contributed by atoms with Gasteiger partial charge in [0.1, 0.15) is 5.82 Å². The zero-order valence-electron chi connectivity index (χ0n) is 9.64. The second-order valence-corrected chi connectivity index (χ2v) is 3.81. The van der Waals surface area contributed by atoms with Gasteiger partial charge >= 0.3 is 0 Å². The lowest BCUT2D eigenvalue weighted by Gasteiger charge is -2.00. The van der Waals surface area contributed by atoms with Crippen LogP contribution in [0.15, 0.2) is 54.6 Å². The van der Waals surface area contributed by atoms with Crippen molar-refractivity contribution in [3.8, 4) is 0 Å². The summed E-state index contributed by atoms with van der Waals surface area (Å²) < 4.78 is 13.3. The molecule has 0 saturated heterocycles. The maximum atomic E-state index is 13.3. The van der Waals surface area contributed by atoms with Gasteiger partial charge in [0.15, 0.2) is 5.78 Å². The van der Waals surface area contributed by atoms with Crippen LogP contribution < -0.4 is 5.73 Å². The molecule has 0 fully saturated rings. The first kappa shape index (κ1) is 12.0. The highest BCUT2D eigenvalue weighted by molar-refractivity contribution is 6.10. The topological polar surface area (TPSA) is 43.1 Å². The summed E-state index contributed by atoms with van der Waals surface area (Å²) in [6.07, 6.45) is 2.77. The van der Waals surface area contributed by atoms with Crippen LogP contribution in [0.1, 0.15) is 15.9 Å². The minimum atomic E-state index is -0.359. The molecule has 2 rings (SSSR count). The van der Waals surface area contributed by atoms with Gasteiger partial charge in [-0.25, -0.2) is 4.39 Å². The monoisotopic (exact) mass is 241 g/mol. The Labute approximate surface area is 105 Å². The van der Waals surface area contributed by atoms with Crippen molar-refractivity contribution in [2.75, 3.05) is 5.73 Å². The van der Waals surface area contributed by atoms with Crippen molar-refractivity contribution in [1.29, 1.82) is 0 Å². The number of rotatable bonds is 3. The maximum Gasteiger partial charge on any atom is 0.187 e. The average molecular weight is 241 g/mol. The van der Waals surface area contributed by atoms with Gasteiger partial charge in [-0.3, -0.25) is 4.79 Å². The molecule has 2 N–H and O–H groups in total. The summed E-state index contributed by atoms with van der Waals surface area (Å²) in [6.45, 7) is 0. The average Bonchev–Trinajstić information content (AvgIpc) is 2.38. The van der Waals surface area contributed by atoms with Crippen LogP contribution in [0.5, 0.6) is 0 Å². The van der Waals surface area contributed by atoms with Crippen molar-refractivity contribution in [3.63, 3.8) is 0 Å². The van der Waals surface area contributed by atoms with Crippen molar-refractivity contribution in [2.45, 2.75) is 0 Å². The van der Waals surface area contributed by atoms with Gasteiger partial charge in [-0.1, -0.05) is 30.3 Å². The third kappa shape index (κ3) is 2.63. The molecule has 0 amide bonds. The molecule has 0 aliphatic rings. The molecule has 0 aromatic heterocycles. The predicted octanol–water partition coefficient (Wildman–Crippen LogP) is 3.30. The Balaban J connectivity index is 2.23. The number of benzene rings is 2. The van der Waals surface area contributed by atoms with E-state index in [0.717, 1.165) is 0 Å². The summed E-state index contributed by atoms with van der Waals surface area (Å²) in [7, 11) is 0. The zero-order chi connectivity index (χ0) is 13.0. The molecular formula is C15H12FNO. The molecule has 0 aliphatic carbocycles. The minimum absolute atomic E-state index is 0.239. The van der Waals surface area contributed by atoms with E-state index in [0.29, 0.717) is 16.8 Å². The van der Waals surface area contributed by atoms with E-state index < -0.39 is 0 Å². The van der Waals surface area contributed by atoms with Gasteiger partial charge in [-0.05, 0) is 30.4 Å². The highest BCUT2D eigenvalue weighted by Gasteiger charge is 2.05. The number of para-hydroxylation sites is 1. The fraction of sp³-hybridized carbons (Fsp3) is 0. The molecule has 0 heterocycles. The normalized spacial score (nSPS) is 10.7. The van der Waals surface area contributed by atoms with Gasteiger partial charge in [-0.2, -0.15) is 0 Å². The molecule has 0 radical (unpaired) electrons. The molecular weight excluding hydrogens is 229 g/mol. The Hall–Kier alpha value is -2.42. The maximum absolute atomic E-state index is 13.3. The summed E-state index contributed by atoms with van der Waals surface area (Å²) in [5, 5.41) is 0. The molecule has 2 nitrogen and oxygen atoms in total. The summed E-state index contributed by atoms with van der Waals surface area (Å²) >= 11 is 0. The van der Waals surface area contributed by atoms with Crippen LogP contribution in [0.2, 0.25) is 0 Å². The van der Waals surface area contributed by atoms with Crippen molar-refractivity contribution in [3.05, 3.63) is 71.6 Å². The second-order valence-electron chi connectivity index (χ2n) is 3.81. The molecule has 0 spiro atoms. The van der Waals surface area contributed by atoms with Crippen molar-refractivity contribution < 1.29 is 9.18 Å². The van der Waals surface area contributed by atoms with Crippen LogP contribution in [-0.4, -0.2) is 5.78 Å². The SMILES string of the molecule is Nc1ccccc1C(=O)/C=C/c1ccccc1F. The summed E-state index contributed by atoms with van der Waals surface area (Å²) in [5.74, 6) is -0.598. The van der Waals surface area contributed by atoms with Gasteiger partial charge in [0.05, 0.1) is 0 Å². The Morgan fingerprint density at radius 2 is 1.72 bits per heavy atom. The van der Waals surface area contributed by atoms with Gasteiger partial charge in [-0.15, -0.1) is 0 Å². The van der Waals surface area contributed by atoms with Crippen LogP contribution in [0.25, 0.3) is 6.08 Å². The highest BCUT2D eigenvalue weighted by Crippen LogP contribution is 2.13. The summed E-state index contributed by atoms with van der Waals surface area (Å²) in [6, 6.07) is 13.1. The predicted molar refractivity (Wildman–Crippen MR) is 70.6 cm³/mol. The number of allylic oxidation sites excluding steroid dienone is 1. The Kier molecular flexibility index (Phi) is 3.53. The first-order chi connectivity index (χ1) is 8.68. The third-order valence-electron chi connectivity index (χ3n) is 2.55. The van der Waals surface area contributed by atoms with Crippen LogP contribution in [0.3, 0.4) is 0 Å². The molecule has 3 heteroatoms. The van der Waals surface area contributed by atoms with Gasteiger partial charge < -0.3 is 5.73 Å². The molecule has 0 bridgehead atoms. The molecule has 18 heavy (non-hydrogen) atoms. The number of anilines is 1. The Morgan fingerprint density at radius 3 is 2.44 bits per heavy atom. The van der Waals surface area contributed by atoms with Crippen LogP contribution in [0.4, 0.5) is 10.1 Å². The number of ketones is 1. The first-order valence-corrected chi connectivity index (χ1v) is 5.50. The van der Waals surface area contributed by atoms with Gasteiger partial charge in [0, 0.05) is 16.8 Å². The largest absolute Gasteiger partial charge is 0.398 e. The van der Waals surface area contributed by atoms with Crippen molar-refractivity contribution >= 4 is 17.5 Å². The fourth-order valence-corrected chi connectivity index (χ4v) is 1.59. The van der Waals surface area contributed by atoms with Gasteiger partial charge in [0.2, 0.25) is 0 Å². The number of nitrogens with two attached hydrogens (primary N) is 1. The van der Waals surface area contributed by atoms with E-state index in [4.69, 9.17) is 5.73 Å². The number of carbonyl (C=O) groups excluding carboxylic acids is 1. The fourth-order valence-electron chi connectivity index (χ4n) is 1.59. The number of halogens is 1. The minimum Gasteiger partial charge on any atom is -0.398 e. The Morgan fingerprint density at radius 1 is 1.06 bits per heavy atom. The molecule has 90 valence electrons. The molecule has 2 aromatic carbocycles. The summed E-state index contributed by atoms with van der Waals surface area (Å²) in [4.78, 5) is 11.9. The van der Waals surface area contributed by atoms with E-state index >= 15 is 0 Å². The van der Waals surface area contributed by atoms with Crippen LogP contribution >= 0.6 is 0 Å². The smallest absolute Gasteiger partial charge is 0.187 e. The highest BCUT2D eigenvalue weighted by atomic mass is 19.1. The van der Waals surface area contributed by atoms with E-state index in [1.54, 1.807) is 42.5 Å². The lowest BCUT2D eigenvalue weighted by atomic mass is 10.1. The first-order valence-electron chi connectivity index (χ1n) is 5.50. The summed E-state index contributed by atoms with van der Waals surface area (Å²) in [5.41, 5.74) is 6.91. The number of carbonyl (C=O) groups is 1. The van der Waals surface area contributed by atoms with Crippen molar-refractivity contribution in [2.24, 2.45) is 0 Å². The molecule has 2 aromatic rings. The lowest BCUT2D eigenvalue weighted by molar-refractivity contribution is 0.104. The molecule has 0 saturated carbocycles. The van der Waals surface area contributed by atoms with Gasteiger partial charge in [0.25, 0.3) is 0 Å². The van der Waals surface area contributed by atoms with E-state index in [2.05, 4.69) is 0 Å². The number of hydrogen-bond acceptors (Lipinski definition) is 2. The lowest BCUT2D eigenvalue weighted by Crippen LogP contribution is -2.00. The number of nitrogen functional groups attached to an aromatic ring is 1. The number of hydrogen-bond donors (Lipinski definition) is 1. The van der Waals surface area contributed by atoms with E-state index in [1.807, 2.05) is 0 Å². The second kappa shape index (κ2) is 5.27. The van der Waals surface area contributed by atoms with E-state index in [1.165, 1.54) is 18.2 Å². The standard InChI is InChI=1S/C15H12FNO/c16-13-7-3-1-5-11(13)9-10-15(18)12-6-2-4-8-14(12)17/h1-10H,17H2/b10-9+. The quantitative estimate of drug-likeness (QED) is 0.509. The zero-order valence-corrected chi connectivity index (χ0v) is 9.64. The molecule has 0 atom stereocenters. The molecule has 0 unspecified atom stereocenters. The Bertz CT molecular complexity index is 605. The molecule has 0 aliphatic heterocycles. The van der Waals surface area contributed by atoms with Crippen LogP contribution in [0, 0.1) is 5.82 Å². The van der Waals surface area contributed by atoms with Crippen molar-refractivity contribution in [1.82, 2.24) is 0 Å². The van der Waals surface area contributed by atoms with E-state index in [9.17, 15) is 9.18 Å².